The molecule has 0 aliphatic carbocycles. The zero-order chi connectivity index (χ0) is 19.6. The second kappa shape index (κ2) is 7.41. The van der Waals surface area contributed by atoms with Crippen LogP contribution in [0.5, 0.6) is 11.8 Å². The van der Waals surface area contributed by atoms with E-state index in [2.05, 4.69) is 30.2 Å². The summed E-state index contributed by atoms with van der Waals surface area (Å²) in [5.41, 5.74) is 1.06. The molecule has 0 fully saturated rings. The molecule has 28 heavy (non-hydrogen) atoms. The summed E-state index contributed by atoms with van der Waals surface area (Å²) in [4.78, 5) is 7.94. The molecule has 0 bridgehead atoms. The maximum absolute atomic E-state index is 12.7. The molecule has 0 saturated heterocycles. The van der Waals surface area contributed by atoms with Crippen LogP contribution in [0.3, 0.4) is 0 Å². The highest BCUT2D eigenvalue weighted by molar-refractivity contribution is 7.91. The smallest absolute Gasteiger partial charge is 0.321 e. The summed E-state index contributed by atoms with van der Waals surface area (Å²) >= 11 is 6.21. The van der Waals surface area contributed by atoms with Gasteiger partial charge in [0.25, 0.3) is 0 Å². The molecule has 4 aromatic rings. The molecule has 2 heterocycles. The van der Waals surface area contributed by atoms with Gasteiger partial charge in [0.15, 0.2) is 15.4 Å². The quantitative estimate of drug-likeness (QED) is 0.503. The second-order valence-electron chi connectivity index (χ2n) is 5.60. The van der Waals surface area contributed by atoms with Crippen LogP contribution in [-0.2, 0) is 9.84 Å². The minimum Gasteiger partial charge on any atom is -0.423 e. The second-order valence-corrected chi connectivity index (χ2v) is 7.97. The molecule has 4 rings (SSSR count). The average Bonchev–Trinajstić information content (AvgIpc) is 3.18. The van der Waals surface area contributed by atoms with Crippen LogP contribution < -0.4 is 10.1 Å². The maximum atomic E-state index is 12.7. The van der Waals surface area contributed by atoms with Gasteiger partial charge in [0.05, 0.1) is 5.02 Å². The number of nitrogens with one attached hydrogen (secondary N) is 1. The van der Waals surface area contributed by atoms with Crippen molar-refractivity contribution in [2.24, 2.45) is 0 Å². The molecule has 2 aromatic heterocycles. The van der Waals surface area contributed by atoms with Crippen LogP contribution in [-0.4, -0.2) is 34.6 Å². The van der Waals surface area contributed by atoms with Gasteiger partial charge < -0.3 is 10.1 Å². The zero-order valence-electron chi connectivity index (χ0n) is 14.1. The first-order chi connectivity index (χ1) is 13.5. The van der Waals surface area contributed by atoms with Crippen LogP contribution in [0.4, 0.5) is 5.69 Å². The lowest BCUT2D eigenvalue weighted by Gasteiger charge is -2.10. The minimum atomic E-state index is -3.69. The Kier molecular flexibility index (Phi) is 4.80. The lowest BCUT2D eigenvalue weighted by molar-refractivity contribution is 0.315. The van der Waals surface area contributed by atoms with Crippen molar-refractivity contribution in [3.8, 4) is 11.8 Å². The molecule has 11 heteroatoms. The van der Waals surface area contributed by atoms with E-state index in [0.717, 1.165) is 0 Å². The summed E-state index contributed by atoms with van der Waals surface area (Å²) in [5, 5.41) is 10.4. The Morgan fingerprint density at radius 1 is 1.07 bits per heavy atom. The maximum Gasteiger partial charge on any atom is 0.321 e. The monoisotopic (exact) mass is 417 g/mol. The Balaban J connectivity index is 1.50. The molecule has 0 aliphatic rings. The fourth-order valence-corrected chi connectivity index (χ4v) is 3.87. The Labute approximate surface area is 164 Å². The average molecular weight is 418 g/mol. The summed E-state index contributed by atoms with van der Waals surface area (Å²) in [6.45, 7) is 0. The van der Waals surface area contributed by atoms with Gasteiger partial charge in [-0.15, -0.1) is 0 Å². The molecule has 0 atom stereocenters. The highest BCUT2D eigenvalue weighted by Crippen LogP contribution is 2.30. The van der Waals surface area contributed by atoms with E-state index in [9.17, 15) is 8.42 Å². The first-order valence-electron chi connectivity index (χ1n) is 7.95. The Morgan fingerprint density at radius 2 is 1.89 bits per heavy atom. The van der Waals surface area contributed by atoms with E-state index >= 15 is 0 Å². The molecule has 1 N–H and O–H groups in total. The zero-order valence-corrected chi connectivity index (χ0v) is 15.7. The summed E-state index contributed by atoms with van der Waals surface area (Å²) < 4.78 is 35.4. The molecule has 2 aromatic carbocycles. The molecule has 0 amide bonds. The molecule has 0 aliphatic heterocycles. The first kappa shape index (κ1) is 18.1. The fraction of sp³-hybridized carbons (Fsp3) is 0.0588. The van der Waals surface area contributed by atoms with Gasteiger partial charge in [0.1, 0.15) is 22.0 Å². The molecule has 0 radical (unpaired) electrons. The molecule has 0 unspecified atom stereocenters. The number of hydrogen-bond donors (Lipinski definition) is 1. The van der Waals surface area contributed by atoms with Crippen molar-refractivity contribution in [3.63, 3.8) is 0 Å². The number of sulfone groups is 1. The van der Waals surface area contributed by atoms with Gasteiger partial charge in [-0.1, -0.05) is 17.7 Å². The lowest BCUT2D eigenvalue weighted by Crippen LogP contribution is -2.15. The van der Waals surface area contributed by atoms with E-state index in [-0.39, 0.29) is 27.3 Å². The summed E-state index contributed by atoms with van der Waals surface area (Å²) in [6.07, 6.45) is 3.09. The van der Waals surface area contributed by atoms with E-state index in [0.29, 0.717) is 17.0 Å². The predicted molar refractivity (Wildman–Crippen MR) is 101 cm³/mol. The van der Waals surface area contributed by atoms with Crippen molar-refractivity contribution in [1.29, 1.82) is 0 Å². The molecule has 142 valence electrons. The third-order valence-electron chi connectivity index (χ3n) is 3.73. The third-order valence-corrected chi connectivity index (χ3v) is 5.54. The summed E-state index contributed by atoms with van der Waals surface area (Å²) in [5.74, 6) is -0.0168. The number of hydrogen-bond acceptors (Lipinski definition) is 9. The van der Waals surface area contributed by atoms with E-state index in [1.54, 1.807) is 48.8 Å². The van der Waals surface area contributed by atoms with E-state index < -0.39 is 9.84 Å². The standard InChI is InChI=1S/C17H12ClN5O4S/c18-12-9-11(5-6-14(12)26-17-19-7-2-8-20-17)21-10-28(24,25)15-4-1-3-13-16(15)23-27-22-13/h1-9,21H,10H2. The van der Waals surface area contributed by atoms with Crippen molar-refractivity contribution in [1.82, 2.24) is 20.3 Å². The highest BCUT2D eigenvalue weighted by atomic mass is 35.5. The number of rotatable bonds is 6. The minimum absolute atomic E-state index is 0.0334. The molecule has 0 saturated carbocycles. The summed E-state index contributed by atoms with van der Waals surface area (Å²) in [7, 11) is -3.69. The Bertz CT molecular complexity index is 1230. The number of benzene rings is 2. The van der Waals surface area contributed by atoms with Crippen LogP contribution in [0.1, 0.15) is 0 Å². The van der Waals surface area contributed by atoms with Crippen LogP contribution in [0.25, 0.3) is 11.0 Å². The van der Waals surface area contributed by atoms with Gasteiger partial charge >= 0.3 is 6.01 Å². The van der Waals surface area contributed by atoms with Gasteiger partial charge in [-0.3, -0.25) is 0 Å². The van der Waals surface area contributed by atoms with Gasteiger partial charge in [-0.25, -0.2) is 23.0 Å². The van der Waals surface area contributed by atoms with E-state index in [4.69, 9.17) is 16.3 Å². The molecular formula is C17H12ClN5O4S. The van der Waals surface area contributed by atoms with Crippen molar-refractivity contribution >= 4 is 38.2 Å². The topological polar surface area (TPSA) is 120 Å². The number of anilines is 1. The van der Waals surface area contributed by atoms with Crippen LogP contribution in [0.15, 0.2) is 64.4 Å². The van der Waals surface area contributed by atoms with Gasteiger partial charge in [-0.05, 0) is 46.7 Å². The largest absolute Gasteiger partial charge is 0.423 e. The number of nitrogens with zero attached hydrogens (tertiary/aromatic N) is 4. The number of ether oxygens (including phenoxy) is 1. The molecular weight excluding hydrogens is 406 g/mol. The molecule has 9 nitrogen and oxygen atoms in total. The van der Waals surface area contributed by atoms with Crippen LogP contribution in [0.2, 0.25) is 5.02 Å². The predicted octanol–water partition coefficient (Wildman–Crippen LogP) is 3.30. The fourth-order valence-electron chi connectivity index (χ4n) is 2.42. The normalized spacial score (nSPS) is 11.5. The van der Waals surface area contributed by atoms with Crippen molar-refractivity contribution in [3.05, 3.63) is 59.9 Å². The summed E-state index contributed by atoms with van der Waals surface area (Å²) in [6, 6.07) is 11.2. The SMILES string of the molecule is O=S(=O)(CNc1ccc(Oc2ncccn2)c(Cl)c1)c1cccc2nonc12. The molecule has 0 spiro atoms. The number of fused-ring (bicyclic) bond motifs is 1. The van der Waals surface area contributed by atoms with Crippen molar-refractivity contribution in [2.75, 3.05) is 11.2 Å². The number of aromatic nitrogens is 4. The van der Waals surface area contributed by atoms with Crippen LogP contribution in [0, 0.1) is 0 Å². The van der Waals surface area contributed by atoms with Crippen molar-refractivity contribution < 1.29 is 17.8 Å². The van der Waals surface area contributed by atoms with Crippen molar-refractivity contribution in [2.45, 2.75) is 4.90 Å². The van der Waals surface area contributed by atoms with Gasteiger partial charge in [0.2, 0.25) is 0 Å². The first-order valence-corrected chi connectivity index (χ1v) is 9.98. The highest BCUT2D eigenvalue weighted by Gasteiger charge is 2.20. The van der Waals surface area contributed by atoms with Crippen LogP contribution >= 0.6 is 11.6 Å². The Hall–Kier alpha value is -3.24. The van der Waals surface area contributed by atoms with E-state index in [1.165, 1.54) is 6.07 Å². The van der Waals surface area contributed by atoms with Gasteiger partial charge in [-0.2, -0.15) is 0 Å². The third kappa shape index (κ3) is 3.73. The Morgan fingerprint density at radius 3 is 2.68 bits per heavy atom. The number of halogens is 1. The lowest BCUT2D eigenvalue weighted by atomic mass is 10.3. The van der Waals surface area contributed by atoms with E-state index in [1.807, 2.05) is 0 Å². The van der Waals surface area contributed by atoms with Gasteiger partial charge in [0, 0.05) is 18.1 Å².